The molecule has 2 heterocycles. The van der Waals surface area contributed by atoms with Crippen LogP contribution in [-0.2, 0) is 4.79 Å². The third-order valence-electron chi connectivity index (χ3n) is 4.02. The fourth-order valence-electron chi connectivity index (χ4n) is 2.56. The molecule has 2 aliphatic rings. The van der Waals surface area contributed by atoms with Crippen LogP contribution < -0.4 is 24.6 Å². The summed E-state index contributed by atoms with van der Waals surface area (Å²) in [5.41, 5.74) is 2.72. The maximum atomic E-state index is 12.0. The molecule has 2 aromatic carbocycles. The molecular formula is C17H16N2O5. The van der Waals surface area contributed by atoms with Gasteiger partial charge in [-0.3, -0.25) is 4.79 Å². The van der Waals surface area contributed by atoms with Gasteiger partial charge < -0.3 is 19.3 Å². The van der Waals surface area contributed by atoms with Crippen molar-refractivity contribution < 1.29 is 24.1 Å². The van der Waals surface area contributed by atoms with Gasteiger partial charge in [-0.2, -0.15) is 0 Å². The summed E-state index contributed by atoms with van der Waals surface area (Å²) in [7, 11) is 0. The van der Waals surface area contributed by atoms with E-state index >= 15 is 0 Å². The van der Waals surface area contributed by atoms with E-state index in [1.807, 2.05) is 0 Å². The SMILES string of the molecule is C[C@@]1(CO)NN(c2ccc(Oc3ccc4c(c3)OCO4)cc2)C1=O. The molecule has 0 radical (unpaired) electrons. The number of hydrazine groups is 1. The van der Waals surface area contributed by atoms with Gasteiger partial charge in [-0.05, 0) is 43.3 Å². The van der Waals surface area contributed by atoms with E-state index in [0.717, 1.165) is 0 Å². The number of aliphatic hydroxyl groups is 1. The lowest BCUT2D eigenvalue weighted by molar-refractivity contribution is -0.135. The van der Waals surface area contributed by atoms with Crippen LogP contribution >= 0.6 is 0 Å². The van der Waals surface area contributed by atoms with E-state index in [1.54, 1.807) is 49.4 Å². The number of benzene rings is 2. The molecule has 1 saturated heterocycles. The van der Waals surface area contributed by atoms with Gasteiger partial charge in [0, 0.05) is 6.07 Å². The number of hydrogen-bond donors (Lipinski definition) is 2. The molecule has 24 heavy (non-hydrogen) atoms. The molecule has 7 heteroatoms. The topological polar surface area (TPSA) is 80.3 Å². The number of nitrogens with one attached hydrogen (secondary N) is 1. The van der Waals surface area contributed by atoms with Crippen LogP contribution in [0.3, 0.4) is 0 Å². The zero-order valence-corrected chi connectivity index (χ0v) is 13.0. The van der Waals surface area contributed by atoms with Crippen LogP contribution in [0.15, 0.2) is 42.5 Å². The van der Waals surface area contributed by atoms with Crippen molar-refractivity contribution in [3.05, 3.63) is 42.5 Å². The minimum absolute atomic E-state index is 0.172. The number of ether oxygens (including phenoxy) is 3. The molecule has 0 unspecified atom stereocenters. The molecule has 1 fully saturated rings. The Morgan fingerprint density at radius 1 is 1.17 bits per heavy atom. The molecule has 2 aromatic rings. The summed E-state index contributed by atoms with van der Waals surface area (Å²) < 4.78 is 16.4. The van der Waals surface area contributed by atoms with E-state index in [9.17, 15) is 9.90 Å². The highest BCUT2D eigenvalue weighted by molar-refractivity contribution is 6.05. The molecule has 0 bridgehead atoms. The summed E-state index contributed by atoms with van der Waals surface area (Å²) in [6, 6.07) is 12.4. The fraction of sp³-hybridized carbons (Fsp3) is 0.235. The van der Waals surface area contributed by atoms with Crippen molar-refractivity contribution in [2.45, 2.75) is 12.5 Å². The molecule has 0 spiro atoms. The summed E-state index contributed by atoms with van der Waals surface area (Å²) in [4.78, 5) is 12.0. The predicted molar refractivity (Wildman–Crippen MR) is 85.2 cm³/mol. The number of aliphatic hydroxyl groups excluding tert-OH is 1. The monoisotopic (exact) mass is 328 g/mol. The number of carbonyl (C=O) groups excluding carboxylic acids is 1. The number of amides is 1. The molecule has 2 N–H and O–H groups in total. The Balaban J connectivity index is 1.46. The minimum Gasteiger partial charge on any atom is -0.457 e. The van der Waals surface area contributed by atoms with Crippen molar-refractivity contribution in [1.82, 2.24) is 5.43 Å². The lowest BCUT2D eigenvalue weighted by atomic mass is 9.98. The first-order valence-corrected chi connectivity index (χ1v) is 7.50. The number of rotatable bonds is 4. The number of anilines is 1. The smallest absolute Gasteiger partial charge is 0.265 e. The largest absolute Gasteiger partial charge is 0.457 e. The lowest BCUT2D eigenvalue weighted by Crippen LogP contribution is -2.76. The highest BCUT2D eigenvalue weighted by Gasteiger charge is 2.48. The molecule has 2 aliphatic heterocycles. The van der Waals surface area contributed by atoms with Gasteiger partial charge in [-0.1, -0.05) is 0 Å². The molecular weight excluding hydrogens is 312 g/mol. The second-order valence-corrected chi connectivity index (χ2v) is 5.85. The molecule has 1 atom stereocenters. The molecule has 124 valence electrons. The van der Waals surface area contributed by atoms with Gasteiger partial charge in [0.1, 0.15) is 17.0 Å². The Morgan fingerprint density at radius 2 is 1.88 bits per heavy atom. The molecule has 1 amide bonds. The number of nitrogens with zero attached hydrogens (tertiary/aromatic N) is 1. The van der Waals surface area contributed by atoms with Crippen LogP contribution in [0.4, 0.5) is 5.69 Å². The highest BCUT2D eigenvalue weighted by Crippen LogP contribution is 2.37. The van der Waals surface area contributed by atoms with E-state index in [-0.39, 0.29) is 19.3 Å². The first kappa shape index (κ1) is 14.8. The predicted octanol–water partition coefficient (Wildman–Crippen LogP) is 1.81. The minimum atomic E-state index is -0.901. The van der Waals surface area contributed by atoms with Crippen molar-refractivity contribution >= 4 is 11.6 Å². The van der Waals surface area contributed by atoms with E-state index < -0.39 is 5.54 Å². The zero-order valence-electron chi connectivity index (χ0n) is 13.0. The Bertz CT molecular complexity index is 792. The van der Waals surface area contributed by atoms with Gasteiger partial charge >= 0.3 is 0 Å². The Hall–Kier alpha value is -2.77. The second kappa shape index (κ2) is 5.40. The first-order valence-electron chi connectivity index (χ1n) is 7.50. The second-order valence-electron chi connectivity index (χ2n) is 5.85. The van der Waals surface area contributed by atoms with Crippen LogP contribution in [0, 0.1) is 0 Å². The average molecular weight is 328 g/mol. The molecule has 4 rings (SSSR count). The van der Waals surface area contributed by atoms with Gasteiger partial charge in [0.05, 0.1) is 12.3 Å². The Kier molecular flexibility index (Phi) is 3.33. The normalized spacial score (nSPS) is 21.6. The molecule has 0 aromatic heterocycles. The molecule has 0 saturated carbocycles. The van der Waals surface area contributed by atoms with Gasteiger partial charge in [-0.15, -0.1) is 0 Å². The number of carbonyl (C=O) groups is 1. The maximum absolute atomic E-state index is 12.0. The third-order valence-corrected chi connectivity index (χ3v) is 4.02. The quantitative estimate of drug-likeness (QED) is 0.891. The van der Waals surface area contributed by atoms with Crippen LogP contribution in [0.1, 0.15) is 6.92 Å². The van der Waals surface area contributed by atoms with Crippen molar-refractivity contribution in [1.29, 1.82) is 0 Å². The van der Waals surface area contributed by atoms with Crippen LogP contribution in [0.25, 0.3) is 0 Å². The van der Waals surface area contributed by atoms with Gasteiger partial charge in [0.15, 0.2) is 11.5 Å². The summed E-state index contributed by atoms with van der Waals surface area (Å²) in [5.74, 6) is 2.46. The summed E-state index contributed by atoms with van der Waals surface area (Å²) >= 11 is 0. The van der Waals surface area contributed by atoms with Crippen LogP contribution in [-0.4, -0.2) is 30.0 Å². The van der Waals surface area contributed by atoms with E-state index in [2.05, 4.69) is 5.43 Å². The van der Waals surface area contributed by atoms with Crippen LogP contribution in [0.5, 0.6) is 23.0 Å². The van der Waals surface area contributed by atoms with Crippen molar-refractivity contribution in [3.8, 4) is 23.0 Å². The van der Waals surface area contributed by atoms with Gasteiger partial charge in [0.2, 0.25) is 6.79 Å². The Labute approximate surface area is 138 Å². The highest BCUT2D eigenvalue weighted by atomic mass is 16.7. The standard InChI is InChI=1S/C17H16N2O5/c1-17(9-20)16(21)19(18-17)11-2-4-12(5-3-11)24-13-6-7-14-15(8-13)23-10-22-14/h2-8,18,20H,9-10H2,1H3/t17-/m0/s1. The van der Waals surface area contributed by atoms with Crippen molar-refractivity contribution in [2.75, 3.05) is 18.4 Å². The van der Waals surface area contributed by atoms with E-state index in [4.69, 9.17) is 14.2 Å². The lowest BCUT2D eigenvalue weighted by Gasteiger charge is -2.46. The number of fused-ring (bicyclic) bond motifs is 1. The summed E-state index contributed by atoms with van der Waals surface area (Å²) in [5, 5.41) is 10.6. The fourth-order valence-corrected chi connectivity index (χ4v) is 2.56. The summed E-state index contributed by atoms with van der Waals surface area (Å²) in [6.45, 7) is 1.63. The first-order chi connectivity index (χ1) is 11.6. The number of hydrogen-bond acceptors (Lipinski definition) is 6. The van der Waals surface area contributed by atoms with E-state index in [0.29, 0.717) is 28.7 Å². The maximum Gasteiger partial charge on any atom is 0.265 e. The molecule has 7 nitrogen and oxygen atoms in total. The van der Waals surface area contributed by atoms with Gasteiger partial charge in [-0.25, -0.2) is 10.4 Å². The molecule has 0 aliphatic carbocycles. The average Bonchev–Trinajstić information content (AvgIpc) is 3.07. The van der Waals surface area contributed by atoms with E-state index in [1.165, 1.54) is 5.01 Å². The Morgan fingerprint density at radius 3 is 2.58 bits per heavy atom. The van der Waals surface area contributed by atoms with Crippen molar-refractivity contribution in [3.63, 3.8) is 0 Å². The van der Waals surface area contributed by atoms with Gasteiger partial charge in [0.25, 0.3) is 5.91 Å². The van der Waals surface area contributed by atoms with Crippen molar-refractivity contribution in [2.24, 2.45) is 0 Å². The summed E-state index contributed by atoms with van der Waals surface area (Å²) in [6.07, 6.45) is 0. The third kappa shape index (κ3) is 2.34. The van der Waals surface area contributed by atoms with Crippen LogP contribution in [0.2, 0.25) is 0 Å². The zero-order chi connectivity index (χ0) is 16.7.